The van der Waals surface area contributed by atoms with Crippen LogP contribution in [0.1, 0.15) is 0 Å². The molecule has 0 aliphatic carbocycles. The molecule has 0 amide bonds. The third-order valence-corrected chi connectivity index (χ3v) is 7.48. The van der Waals surface area contributed by atoms with Crippen LogP contribution < -0.4 is 10.7 Å². The van der Waals surface area contributed by atoms with Crippen molar-refractivity contribution < 1.29 is 8.78 Å². The van der Waals surface area contributed by atoms with Crippen molar-refractivity contribution in [2.75, 3.05) is 0 Å². The van der Waals surface area contributed by atoms with E-state index >= 15 is 0 Å². The second kappa shape index (κ2) is 8.94. The molecular weight excluding hydrogens is 502 g/mol. The van der Waals surface area contributed by atoms with E-state index in [0.717, 1.165) is 65.3 Å². The Balaban J connectivity index is 1.54. The molecule has 0 spiro atoms. The van der Waals surface area contributed by atoms with Gasteiger partial charge in [0.05, 0.1) is 10.7 Å². The van der Waals surface area contributed by atoms with Gasteiger partial charge in [0.1, 0.15) is 11.6 Å². The van der Waals surface area contributed by atoms with Crippen molar-refractivity contribution in [3.8, 4) is 34.6 Å². The highest BCUT2D eigenvalue weighted by molar-refractivity contribution is 6.21. The molecule has 6 heteroatoms. The highest BCUT2D eigenvalue weighted by Crippen LogP contribution is 2.35. The van der Waals surface area contributed by atoms with Crippen molar-refractivity contribution in [3.63, 3.8) is 0 Å². The van der Waals surface area contributed by atoms with Crippen molar-refractivity contribution in [2.24, 2.45) is 9.98 Å². The number of hydrogen-bond donors (Lipinski definition) is 0. The van der Waals surface area contributed by atoms with E-state index in [-0.39, 0.29) is 11.6 Å². The summed E-state index contributed by atoms with van der Waals surface area (Å²) in [7, 11) is 0. The minimum atomic E-state index is -0.307. The number of rotatable bonds is 2. The fourth-order valence-corrected chi connectivity index (χ4v) is 5.66. The lowest BCUT2D eigenvalue weighted by molar-refractivity contribution is 0.627. The van der Waals surface area contributed by atoms with Crippen molar-refractivity contribution in [2.45, 2.75) is 0 Å². The van der Waals surface area contributed by atoms with Gasteiger partial charge in [0.25, 0.3) is 0 Å². The van der Waals surface area contributed by atoms with Crippen LogP contribution in [-0.4, -0.2) is 0 Å². The molecule has 0 N–H and O–H groups in total. The number of nitriles is 2. The van der Waals surface area contributed by atoms with Gasteiger partial charge in [0.15, 0.2) is 0 Å². The summed E-state index contributed by atoms with van der Waals surface area (Å²) in [6.45, 7) is 0. The van der Waals surface area contributed by atoms with Crippen LogP contribution in [0, 0.1) is 34.5 Å². The van der Waals surface area contributed by atoms with Crippen LogP contribution in [0.25, 0.3) is 65.3 Å². The normalized spacial score (nSPS) is 12.5. The van der Waals surface area contributed by atoms with Gasteiger partial charge < -0.3 is 0 Å². The Morgan fingerprint density at radius 2 is 0.750 bits per heavy atom. The topological polar surface area (TPSA) is 72.3 Å². The van der Waals surface area contributed by atoms with Gasteiger partial charge in [-0.25, -0.2) is 8.78 Å². The number of halogens is 2. The summed E-state index contributed by atoms with van der Waals surface area (Å²) in [5, 5.41) is 27.1. The summed E-state index contributed by atoms with van der Waals surface area (Å²) in [4.78, 5) is 8.40. The Morgan fingerprint density at radius 3 is 1.12 bits per heavy atom. The molecule has 0 saturated carbocycles. The lowest BCUT2D eigenvalue weighted by Gasteiger charge is -2.02. The Bertz CT molecular complexity index is 2180. The zero-order chi connectivity index (χ0) is 27.4. The minimum absolute atomic E-state index is 0.307. The Morgan fingerprint density at radius 1 is 0.400 bits per heavy atom. The van der Waals surface area contributed by atoms with Gasteiger partial charge in [0.2, 0.25) is 12.4 Å². The number of nitrogens with zero attached hydrogens (tertiary/aromatic N) is 4. The Kier molecular flexibility index (Phi) is 5.23. The van der Waals surface area contributed by atoms with Crippen LogP contribution in [0.4, 0.5) is 8.78 Å². The molecule has 7 rings (SSSR count). The quantitative estimate of drug-likeness (QED) is 0.222. The molecule has 0 saturated heterocycles. The monoisotopic (exact) mass is 518 g/mol. The summed E-state index contributed by atoms with van der Waals surface area (Å²) in [5.74, 6) is -0.614. The standard InChI is InChI=1S/C34H16F2N4/c35-23-7-1-19(2-8-23)21-5-11-25-27-15-32-28(16-31(27)33(39-17-37)29(25)13-21)26-12-6-22(14-30(26)34(32)40-18-38)20-3-9-24(36)10-4-20/h1-16H/b39-33+,40-34+. The lowest BCUT2D eigenvalue weighted by atomic mass is 10.0. The third-order valence-electron chi connectivity index (χ3n) is 7.48. The SMILES string of the molecule is N#C/N=c1\c2cc(-c3ccc(F)cc3)ccc2c2cc3/c(=N/C#N)c4cc(-c5ccc(F)cc5)ccc4c3cc12. The first-order chi connectivity index (χ1) is 19.6. The van der Waals surface area contributed by atoms with E-state index in [1.807, 2.05) is 60.9 Å². The molecule has 0 atom stereocenters. The molecule has 0 aromatic heterocycles. The summed E-state index contributed by atoms with van der Waals surface area (Å²) in [6.07, 6.45) is 3.90. The first-order valence-corrected chi connectivity index (χ1v) is 12.5. The fourth-order valence-electron chi connectivity index (χ4n) is 5.66. The van der Waals surface area contributed by atoms with Crippen LogP contribution in [-0.2, 0) is 0 Å². The zero-order valence-corrected chi connectivity index (χ0v) is 20.8. The van der Waals surface area contributed by atoms with E-state index < -0.39 is 0 Å². The summed E-state index contributed by atoms with van der Waals surface area (Å²) >= 11 is 0. The molecular formula is C34H16F2N4. The van der Waals surface area contributed by atoms with Crippen LogP contribution in [0.5, 0.6) is 0 Å². The van der Waals surface area contributed by atoms with Crippen LogP contribution in [0.3, 0.4) is 0 Å². The maximum Gasteiger partial charge on any atom is 0.206 e. The molecule has 186 valence electrons. The molecule has 0 heterocycles. The van der Waals surface area contributed by atoms with Gasteiger partial charge >= 0.3 is 0 Å². The first-order valence-electron chi connectivity index (χ1n) is 12.5. The molecule has 0 radical (unpaired) electrons. The number of benzene rings is 5. The van der Waals surface area contributed by atoms with E-state index in [0.29, 0.717) is 10.7 Å². The van der Waals surface area contributed by atoms with E-state index in [9.17, 15) is 19.3 Å². The van der Waals surface area contributed by atoms with Gasteiger partial charge in [-0.1, -0.05) is 48.5 Å². The third kappa shape index (κ3) is 3.55. The maximum absolute atomic E-state index is 13.5. The minimum Gasteiger partial charge on any atom is -0.207 e. The van der Waals surface area contributed by atoms with Crippen LogP contribution >= 0.6 is 0 Å². The van der Waals surface area contributed by atoms with Crippen LogP contribution in [0.2, 0.25) is 0 Å². The predicted molar refractivity (Wildman–Crippen MR) is 152 cm³/mol. The van der Waals surface area contributed by atoms with Gasteiger partial charge in [-0.05, 0) is 92.3 Å². The molecule has 4 nitrogen and oxygen atoms in total. The highest BCUT2D eigenvalue weighted by atomic mass is 19.1. The summed E-state index contributed by atoms with van der Waals surface area (Å²) < 4.78 is 27.0. The molecule has 0 fully saturated rings. The lowest BCUT2D eigenvalue weighted by Crippen LogP contribution is -1.99. The van der Waals surface area contributed by atoms with Gasteiger partial charge in [-0.2, -0.15) is 20.5 Å². The van der Waals surface area contributed by atoms with Crippen molar-refractivity contribution in [3.05, 3.63) is 119 Å². The average molecular weight is 519 g/mol. The Labute approximate surface area is 226 Å². The van der Waals surface area contributed by atoms with Gasteiger partial charge in [0, 0.05) is 21.5 Å². The molecule has 40 heavy (non-hydrogen) atoms. The second-order valence-corrected chi connectivity index (χ2v) is 9.60. The zero-order valence-electron chi connectivity index (χ0n) is 20.8. The summed E-state index contributed by atoms with van der Waals surface area (Å²) in [5.41, 5.74) is 3.48. The largest absolute Gasteiger partial charge is 0.207 e. The molecule has 0 aliphatic rings. The predicted octanol–water partition coefficient (Wildman–Crippen LogP) is 7.55. The summed E-state index contributed by atoms with van der Waals surface area (Å²) in [6, 6.07) is 28.4. The second-order valence-electron chi connectivity index (χ2n) is 9.60. The first kappa shape index (κ1) is 23.4. The number of fused-ring (bicyclic) bond motifs is 6. The van der Waals surface area contributed by atoms with Crippen molar-refractivity contribution >= 4 is 43.1 Å². The highest BCUT2D eigenvalue weighted by Gasteiger charge is 2.16. The van der Waals surface area contributed by atoms with Crippen molar-refractivity contribution in [1.29, 1.82) is 10.5 Å². The van der Waals surface area contributed by atoms with E-state index in [2.05, 4.69) is 9.98 Å². The Hall–Kier alpha value is -5.72. The van der Waals surface area contributed by atoms with Gasteiger partial charge in [-0.3, -0.25) is 0 Å². The van der Waals surface area contributed by atoms with Crippen molar-refractivity contribution in [1.82, 2.24) is 0 Å². The molecule has 0 aliphatic heterocycles. The fraction of sp³-hybridized carbons (Fsp3) is 0. The average Bonchev–Trinajstić information content (AvgIpc) is 3.44. The van der Waals surface area contributed by atoms with Crippen LogP contribution in [0.15, 0.2) is 107 Å². The van der Waals surface area contributed by atoms with Gasteiger partial charge in [-0.15, -0.1) is 0 Å². The molecule has 0 unspecified atom stereocenters. The smallest absolute Gasteiger partial charge is 0.206 e. The van der Waals surface area contributed by atoms with E-state index in [4.69, 9.17) is 0 Å². The van der Waals surface area contributed by atoms with E-state index in [1.165, 1.54) is 24.3 Å². The molecule has 7 aromatic rings. The molecule has 0 bridgehead atoms. The maximum atomic E-state index is 13.5. The molecule has 7 aromatic carbocycles. The number of hydrogen-bond acceptors (Lipinski definition) is 4. The van der Waals surface area contributed by atoms with E-state index in [1.54, 1.807) is 24.3 Å².